The quantitative estimate of drug-likeness (QED) is 0.447. The van der Waals surface area contributed by atoms with Crippen LogP contribution in [-0.2, 0) is 0 Å². The maximum atomic E-state index is 12.8. The lowest BCUT2D eigenvalue weighted by Crippen LogP contribution is -2.45. The van der Waals surface area contributed by atoms with Crippen LogP contribution in [0.5, 0.6) is 0 Å². The van der Waals surface area contributed by atoms with E-state index >= 15 is 0 Å². The summed E-state index contributed by atoms with van der Waals surface area (Å²) in [4.78, 5) is 28.9. The highest BCUT2D eigenvalue weighted by Gasteiger charge is 2.22. The van der Waals surface area contributed by atoms with Crippen molar-refractivity contribution in [1.29, 1.82) is 0 Å². The molecule has 1 amide bonds. The Kier molecular flexibility index (Phi) is 5.74. The Balaban J connectivity index is 1.20. The first-order valence-corrected chi connectivity index (χ1v) is 11.3. The molecule has 0 unspecified atom stereocenters. The van der Waals surface area contributed by atoms with Crippen molar-refractivity contribution in [1.82, 2.24) is 20.3 Å². The summed E-state index contributed by atoms with van der Waals surface area (Å²) >= 11 is 1.13. The first-order chi connectivity index (χ1) is 15.7. The topological polar surface area (TPSA) is 110 Å². The van der Waals surface area contributed by atoms with Gasteiger partial charge in [-0.2, -0.15) is 0 Å². The van der Waals surface area contributed by atoms with Gasteiger partial charge in [0.05, 0.1) is 16.9 Å². The zero-order chi connectivity index (χ0) is 21.9. The monoisotopic (exact) mass is 446 g/mol. The number of nitrogens with two attached hydrogens (primary N) is 1. The van der Waals surface area contributed by atoms with E-state index in [1.807, 2.05) is 36.4 Å². The molecule has 1 aliphatic rings. The van der Waals surface area contributed by atoms with Crippen molar-refractivity contribution in [2.24, 2.45) is 5.14 Å². The maximum absolute atomic E-state index is 12.8. The van der Waals surface area contributed by atoms with Crippen LogP contribution in [0.2, 0.25) is 0 Å². The van der Waals surface area contributed by atoms with Crippen LogP contribution in [0.4, 0.5) is 5.95 Å². The van der Waals surface area contributed by atoms with Gasteiger partial charge in [-0.05, 0) is 49.1 Å². The highest BCUT2D eigenvalue weighted by atomic mass is 32.2. The predicted molar refractivity (Wildman–Crippen MR) is 124 cm³/mol. The molecule has 9 heteroatoms. The Morgan fingerprint density at radius 2 is 1.81 bits per heavy atom. The Bertz CT molecular complexity index is 1220. The normalized spacial score (nSPS) is 14.6. The van der Waals surface area contributed by atoms with Crippen molar-refractivity contribution >= 4 is 34.8 Å². The molecule has 1 aliphatic heterocycles. The van der Waals surface area contributed by atoms with Crippen LogP contribution in [0, 0.1) is 0 Å². The van der Waals surface area contributed by atoms with Crippen LogP contribution in [0.15, 0.2) is 70.6 Å². The minimum Gasteiger partial charge on any atom is -0.464 e. The van der Waals surface area contributed by atoms with E-state index in [9.17, 15) is 4.79 Å². The van der Waals surface area contributed by atoms with E-state index < -0.39 is 0 Å². The number of nitrogens with zero attached hydrogens (tertiary/aromatic N) is 4. The number of piperidine rings is 1. The van der Waals surface area contributed by atoms with Crippen molar-refractivity contribution in [3.8, 4) is 11.3 Å². The van der Waals surface area contributed by atoms with Crippen molar-refractivity contribution in [3.05, 3.63) is 66.8 Å². The van der Waals surface area contributed by atoms with Crippen molar-refractivity contribution in [3.63, 3.8) is 0 Å². The van der Waals surface area contributed by atoms with E-state index in [0.29, 0.717) is 11.5 Å². The number of hydrogen-bond acceptors (Lipinski definition) is 8. The third-order valence-corrected chi connectivity index (χ3v) is 6.15. The number of carbonyl (C=O) groups excluding carboxylic acids is 1. The molecule has 0 saturated carbocycles. The standard InChI is InChI=1S/C23H22N6O2S/c24-32-18-13-26-23(27-14-18)29-10-6-17(7-11-29)28-22(30)16-3-1-15(2-4-16)21-19-8-12-31-20(19)5-9-25-21/h1-5,8-9,12-14,17H,6-7,10-11,24H2,(H,28,30). The molecule has 162 valence electrons. The van der Waals surface area contributed by atoms with E-state index in [-0.39, 0.29) is 11.9 Å². The zero-order valence-corrected chi connectivity index (χ0v) is 18.1. The number of benzene rings is 1. The van der Waals surface area contributed by atoms with Gasteiger partial charge in [0.15, 0.2) is 0 Å². The number of nitrogens with one attached hydrogen (secondary N) is 1. The summed E-state index contributed by atoms with van der Waals surface area (Å²) in [5, 5.41) is 9.63. The molecule has 4 aromatic rings. The van der Waals surface area contributed by atoms with Gasteiger partial charge in [0.2, 0.25) is 5.95 Å². The third kappa shape index (κ3) is 4.17. The van der Waals surface area contributed by atoms with Crippen molar-refractivity contribution in [2.45, 2.75) is 23.8 Å². The van der Waals surface area contributed by atoms with Gasteiger partial charge in [-0.25, -0.2) is 9.97 Å². The number of pyridine rings is 1. The summed E-state index contributed by atoms with van der Waals surface area (Å²) in [5.41, 5.74) is 3.22. The van der Waals surface area contributed by atoms with Crippen LogP contribution >= 0.6 is 11.9 Å². The third-order valence-electron chi connectivity index (χ3n) is 5.66. The number of hydrogen-bond donors (Lipinski definition) is 2. The molecule has 0 radical (unpaired) electrons. The van der Waals surface area contributed by atoms with Gasteiger partial charge in [-0.1, -0.05) is 12.1 Å². The molecule has 3 N–H and O–H groups in total. The smallest absolute Gasteiger partial charge is 0.251 e. The van der Waals surface area contributed by atoms with Crippen LogP contribution in [0.25, 0.3) is 22.2 Å². The average Bonchev–Trinajstić information content (AvgIpc) is 3.34. The molecule has 32 heavy (non-hydrogen) atoms. The second kappa shape index (κ2) is 8.97. The molecule has 4 heterocycles. The van der Waals surface area contributed by atoms with Crippen molar-refractivity contribution < 1.29 is 9.21 Å². The molecule has 0 aliphatic carbocycles. The zero-order valence-electron chi connectivity index (χ0n) is 17.3. The van der Waals surface area contributed by atoms with E-state index in [2.05, 4.69) is 25.2 Å². The molecular formula is C23H22N6O2S. The number of furan rings is 1. The van der Waals surface area contributed by atoms with Gasteiger partial charge < -0.3 is 14.6 Å². The first-order valence-electron chi connectivity index (χ1n) is 10.4. The summed E-state index contributed by atoms with van der Waals surface area (Å²) < 4.78 is 5.45. The molecule has 8 nitrogen and oxygen atoms in total. The number of fused-ring (bicyclic) bond motifs is 1. The lowest BCUT2D eigenvalue weighted by molar-refractivity contribution is 0.0931. The van der Waals surface area contributed by atoms with Crippen LogP contribution in [0.1, 0.15) is 23.2 Å². The number of rotatable bonds is 5. The largest absolute Gasteiger partial charge is 0.464 e. The molecule has 0 spiro atoms. The van der Waals surface area contributed by atoms with Gasteiger partial charge >= 0.3 is 0 Å². The summed E-state index contributed by atoms with van der Waals surface area (Å²) in [6.07, 6.45) is 8.52. The summed E-state index contributed by atoms with van der Waals surface area (Å²) in [6.45, 7) is 1.58. The fourth-order valence-electron chi connectivity index (χ4n) is 3.93. The number of aromatic nitrogens is 3. The SMILES string of the molecule is NSc1cnc(N2CCC(NC(=O)c3ccc(-c4nccc5occc45)cc3)CC2)nc1. The molecule has 1 saturated heterocycles. The Morgan fingerprint density at radius 3 is 2.53 bits per heavy atom. The predicted octanol–water partition coefficient (Wildman–Crippen LogP) is 3.65. The van der Waals surface area contributed by atoms with Crippen LogP contribution in [-0.4, -0.2) is 40.0 Å². The minimum atomic E-state index is -0.0648. The molecule has 5 rings (SSSR count). The Morgan fingerprint density at radius 1 is 1.06 bits per heavy atom. The Labute approximate surface area is 189 Å². The molecule has 0 atom stereocenters. The van der Waals surface area contributed by atoms with Gasteiger partial charge in [-0.15, -0.1) is 0 Å². The lowest BCUT2D eigenvalue weighted by atomic mass is 10.0. The number of amides is 1. The van der Waals surface area contributed by atoms with Crippen molar-refractivity contribution in [2.75, 3.05) is 18.0 Å². The van der Waals surface area contributed by atoms with Gasteiger partial charge in [0.1, 0.15) is 5.58 Å². The van der Waals surface area contributed by atoms with Crippen LogP contribution < -0.4 is 15.4 Å². The van der Waals surface area contributed by atoms with E-state index in [4.69, 9.17) is 9.56 Å². The molecular weight excluding hydrogens is 424 g/mol. The summed E-state index contributed by atoms with van der Waals surface area (Å²) in [6, 6.07) is 11.4. The first kappa shape index (κ1) is 20.5. The fourth-order valence-corrected chi connectivity index (χ4v) is 4.16. The van der Waals surface area contributed by atoms with E-state index in [1.54, 1.807) is 24.9 Å². The molecule has 0 bridgehead atoms. The number of anilines is 1. The van der Waals surface area contributed by atoms with Gasteiger partial charge in [-0.3, -0.25) is 14.9 Å². The van der Waals surface area contributed by atoms with Gasteiger partial charge in [0, 0.05) is 54.2 Å². The summed E-state index contributed by atoms with van der Waals surface area (Å²) in [7, 11) is 0. The van der Waals surface area contributed by atoms with Crippen LogP contribution in [0.3, 0.4) is 0 Å². The molecule has 1 fully saturated rings. The maximum Gasteiger partial charge on any atom is 0.251 e. The second-order valence-electron chi connectivity index (χ2n) is 7.64. The highest BCUT2D eigenvalue weighted by molar-refractivity contribution is 7.97. The number of carbonyl (C=O) groups is 1. The highest BCUT2D eigenvalue weighted by Crippen LogP contribution is 2.27. The van der Waals surface area contributed by atoms with E-state index in [1.165, 1.54) is 0 Å². The average molecular weight is 447 g/mol. The summed E-state index contributed by atoms with van der Waals surface area (Å²) in [5.74, 6) is 0.634. The van der Waals surface area contributed by atoms with Gasteiger partial charge in [0.25, 0.3) is 5.91 Å². The molecule has 1 aromatic carbocycles. The van der Waals surface area contributed by atoms with E-state index in [0.717, 1.165) is 65.0 Å². The lowest BCUT2D eigenvalue weighted by Gasteiger charge is -2.32. The second-order valence-corrected chi connectivity index (χ2v) is 8.35. The molecule has 3 aromatic heterocycles. The Hall–Kier alpha value is -3.43. The fraction of sp³-hybridized carbons (Fsp3) is 0.217. The minimum absolute atomic E-state index is 0.0648.